The summed E-state index contributed by atoms with van der Waals surface area (Å²) >= 11 is 1.33. The zero-order chi connectivity index (χ0) is 24.0. The number of aromatic hydroxyl groups is 1. The highest BCUT2D eigenvalue weighted by molar-refractivity contribution is 7.08. The predicted molar refractivity (Wildman–Crippen MR) is 130 cm³/mol. The van der Waals surface area contributed by atoms with Gasteiger partial charge in [0.05, 0.1) is 29.9 Å². The number of nitriles is 1. The Kier molecular flexibility index (Phi) is 5.27. The van der Waals surface area contributed by atoms with Crippen molar-refractivity contribution in [3.63, 3.8) is 0 Å². The normalized spacial score (nSPS) is 18.4. The molecule has 6 rings (SSSR count). The summed E-state index contributed by atoms with van der Waals surface area (Å²) in [7, 11) is 0. The van der Waals surface area contributed by atoms with Crippen LogP contribution in [-0.4, -0.2) is 77.8 Å². The molecule has 6 heterocycles. The number of nitrogens with zero attached hydrogens (tertiary/aromatic N) is 7. The molecule has 4 aromatic heterocycles. The molecule has 0 atom stereocenters. The molecule has 178 valence electrons. The quantitative estimate of drug-likeness (QED) is 0.442. The molecule has 0 saturated carbocycles. The molecule has 2 fully saturated rings. The van der Waals surface area contributed by atoms with E-state index in [1.165, 1.54) is 11.3 Å². The third kappa shape index (κ3) is 3.66. The van der Waals surface area contributed by atoms with Crippen LogP contribution in [0.2, 0.25) is 0 Å². The van der Waals surface area contributed by atoms with Crippen molar-refractivity contribution in [3.8, 4) is 23.1 Å². The van der Waals surface area contributed by atoms with Gasteiger partial charge in [0.1, 0.15) is 23.3 Å². The van der Waals surface area contributed by atoms with Crippen LogP contribution in [0.5, 0.6) is 5.75 Å². The number of thiophene rings is 1. The molecule has 2 aliphatic rings. The number of fused-ring (bicyclic) bond motifs is 1. The summed E-state index contributed by atoms with van der Waals surface area (Å²) in [5.41, 5.74) is 2.52. The van der Waals surface area contributed by atoms with Crippen LogP contribution in [0.25, 0.3) is 22.3 Å². The first-order chi connectivity index (χ1) is 17.1. The van der Waals surface area contributed by atoms with E-state index in [9.17, 15) is 15.2 Å². The number of hydrogen-bond donors (Lipinski definition) is 2. The van der Waals surface area contributed by atoms with E-state index >= 15 is 0 Å². The van der Waals surface area contributed by atoms with Gasteiger partial charge < -0.3 is 15.0 Å². The lowest BCUT2D eigenvalue weighted by Crippen LogP contribution is -2.66. The molecule has 4 aromatic rings. The maximum atomic E-state index is 12.7. The van der Waals surface area contributed by atoms with Crippen molar-refractivity contribution in [2.45, 2.75) is 30.8 Å². The van der Waals surface area contributed by atoms with Crippen LogP contribution in [0.1, 0.15) is 29.6 Å². The molecule has 10 nitrogen and oxygen atoms in total. The van der Waals surface area contributed by atoms with Gasteiger partial charge in [-0.25, -0.2) is 9.97 Å². The van der Waals surface area contributed by atoms with Crippen molar-refractivity contribution in [1.82, 2.24) is 34.5 Å². The summed E-state index contributed by atoms with van der Waals surface area (Å²) in [6.45, 7) is 2.81. The highest BCUT2D eigenvalue weighted by atomic mass is 32.1. The van der Waals surface area contributed by atoms with Crippen molar-refractivity contribution in [2.75, 3.05) is 26.2 Å². The highest BCUT2D eigenvalue weighted by Crippen LogP contribution is 2.37. The van der Waals surface area contributed by atoms with Gasteiger partial charge >= 0.3 is 0 Å². The van der Waals surface area contributed by atoms with Crippen molar-refractivity contribution >= 4 is 28.3 Å². The number of likely N-dealkylation sites (tertiary alicyclic amines) is 2. The molecule has 2 N–H and O–H groups in total. The fraction of sp³-hybridized carbons (Fsp3) is 0.375. The maximum Gasteiger partial charge on any atom is 0.258 e. The Balaban J connectivity index is 1.14. The molecule has 0 aliphatic carbocycles. The fourth-order valence-electron chi connectivity index (χ4n) is 5.31. The SMILES string of the molecule is N#CCC1(n2cc(-c3ncnc4[nH]ccc34)cn2)CN(C2CCN(C(=O)c3cscc3O)CC2)C1. The van der Waals surface area contributed by atoms with E-state index in [0.29, 0.717) is 31.1 Å². The highest BCUT2D eigenvalue weighted by Gasteiger charge is 2.48. The van der Waals surface area contributed by atoms with Crippen molar-refractivity contribution in [2.24, 2.45) is 0 Å². The number of H-pyrrole nitrogens is 1. The molecule has 0 bridgehead atoms. The Hall–Kier alpha value is -3.75. The third-order valence-electron chi connectivity index (χ3n) is 7.24. The van der Waals surface area contributed by atoms with Crippen LogP contribution < -0.4 is 0 Å². The van der Waals surface area contributed by atoms with Gasteiger partial charge in [0.25, 0.3) is 5.91 Å². The Bertz CT molecular complexity index is 1420. The number of rotatable bonds is 5. The van der Waals surface area contributed by atoms with Crippen molar-refractivity contribution in [1.29, 1.82) is 5.26 Å². The number of amides is 1. The lowest BCUT2D eigenvalue weighted by Gasteiger charge is -2.53. The maximum absolute atomic E-state index is 12.7. The number of nitrogens with one attached hydrogen (secondary N) is 1. The number of piperidine rings is 1. The zero-order valence-electron chi connectivity index (χ0n) is 19.0. The molecule has 2 saturated heterocycles. The monoisotopic (exact) mass is 488 g/mol. The van der Waals surface area contributed by atoms with Gasteiger partial charge in [0.15, 0.2) is 0 Å². The minimum absolute atomic E-state index is 0.0592. The van der Waals surface area contributed by atoms with Gasteiger partial charge in [-0.15, -0.1) is 11.3 Å². The summed E-state index contributed by atoms with van der Waals surface area (Å²) < 4.78 is 1.93. The van der Waals surface area contributed by atoms with E-state index in [4.69, 9.17) is 0 Å². The first-order valence-corrected chi connectivity index (χ1v) is 12.5. The van der Waals surface area contributed by atoms with Crippen LogP contribution in [0.15, 0.2) is 41.7 Å². The zero-order valence-corrected chi connectivity index (χ0v) is 19.8. The summed E-state index contributed by atoms with van der Waals surface area (Å²) in [6, 6.07) is 4.67. The molecule has 0 unspecified atom stereocenters. The topological polar surface area (TPSA) is 127 Å². The largest absolute Gasteiger partial charge is 0.506 e. The van der Waals surface area contributed by atoms with Gasteiger partial charge in [-0.1, -0.05) is 0 Å². The van der Waals surface area contributed by atoms with E-state index in [2.05, 4.69) is 31.0 Å². The van der Waals surface area contributed by atoms with Gasteiger partial charge in [-0.2, -0.15) is 10.4 Å². The minimum Gasteiger partial charge on any atom is -0.506 e. The molecule has 2 aliphatic heterocycles. The number of carbonyl (C=O) groups excluding carboxylic acids is 1. The Morgan fingerprint density at radius 1 is 1.29 bits per heavy atom. The Labute approximate surface area is 205 Å². The molecule has 35 heavy (non-hydrogen) atoms. The predicted octanol–water partition coefficient (Wildman–Crippen LogP) is 2.82. The third-order valence-corrected chi connectivity index (χ3v) is 7.97. The minimum atomic E-state index is -0.368. The smallest absolute Gasteiger partial charge is 0.258 e. The van der Waals surface area contributed by atoms with Crippen molar-refractivity contribution < 1.29 is 9.90 Å². The lowest BCUT2D eigenvalue weighted by atomic mass is 9.83. The van der Waals surface area contributed by atoms with Crippen LogP contribution >= 0.6 is 11.3 Å². The molecule has 11 heteroatoms. The first kappa shape index (κ1) is 21.8. The number of carbonyl (C=O) groups is 1. The Morgan fingerprint density at radius 2 is 2.11 bits per heavy atom. The van der Waals surface area contributed by atoms with E-state index in [1.807, 2.05) is 28.0 Å². The molecule has 1 amide bonds. The first-order valence-electron chi connectivity index (χ1n) is 11.6. The second-order valence-electron chi connectivity index (χ2n) is 9.29. The van der Waals surface area contributed by atoms with Gasteiger partial charge in [0.2, 0.25) is 0 Å². The standard InChI is InChI=1S/C24H24N8O2S/c25-5-4-24(32-10-16(9-29-32)21-18-1-6-26-22(18)28-15-27-21)13-31(14-24)17-2-7-30(8-3-17)23(34)19-11-35-12-20(19)33/h1,6,9-12,15,17,33H,2-4,7-8,13-14H2,(H,26,27,28). The van der Waals surface area contributed by atoms with Crippen LogP contribution in [-0.2, 0) is 5.54 Å². The van der Waals surface area contributed by atoms with Crippen molar-refractivity contribution in [3.05, 3.63) is 47.3 Å². The summed E-state index contributed by atoms with van der Waals surface area (Å²) in [5, 5.41) is 28.3. The second-order valence-corrected chi connectivity index (χ2v) is 10.0. The number of aromatic nitrogens is 5. The molecule has 0 aromatic carbocycles. The van der Waals surface area contributed by atoms with E-state index in [-0.39, 0.29) is 17.2 Å². The molecular formula is C24H24N8O2S. The average molecular weight is 489 g/mol. The summed E-state index contributed by atoms with van der Waals surface area (Å²) in [5.74, 6) is -0.0427. The lowest BCUT2D eigenvalue weighted by molar-refractivity contribution is -0.0412. The molecular weight excluding hydrogens is 464 g/mol. The van der Waals surface area contributed by atoms with Gasteiger partial charge in [-0.3, -0.25) is 14.4 Å². The average Bonchev–Trinajstić information content (AvgIpc) is 3.61. The Morgan fingerprint density at radius 3 is 2.86 bits per heavy atom. The van der Waals surface area contributed by atoms with E-state index in [1.54, 1.807) is 23.3 Å². The number of hydrogen-bond acceptors (Lipinski definition) is 8. The summed E-state index contributed by atoms with van der Waals surface area (Å²) in [4.78, 5) is 28.7. The van der Waals surface area contributed by atoms with E-state index < -0.39 is 0 Å². The van der Waals surface area contributed by atoms with Crippen LogP contribution in [0.4, 0.5) is 0 Å². The molecule has 0 spiro atoms. The number of aromatic amines is 1. The van der Waals surface area contributed by atoms with Gasteiger partial charge in [0, 0.05) is 66.3 Å². The molecule has 0 radical (unpaired) electrons. The second kappa shape index (κ2) is 8.48. The van der Waals surface area contributed by atoms with E-state index in [0.717, 1.165) is 48.2 Å². The van der Waals surface area contributed by atoms with Gasteiger partial charge in [-0.05, 0) is 18.9 Å². The van der Waals surface area contributed by atoms with Crippen LogP contribution in [0, 0.1) is 11.3 Å². The van der Waals surface area contributed by atoms with Crippen LogP contribution in [0.3, 0.4) is 0 Å². The summed E-state index contributed by atoms with van der Waals surface area (Å²) in [6.07, 6.45) is 9.29. The fourth-order valence-corrected chi connectivity index (χ4v) is 6.00.